The van der Waals surface area contributed by atoms with Crippen molar-refractivity contribution in [2.75, 3.05) is 31.6 Å². The Kier molecular flexibility index (Phi) is 6.51. The van der Waals surface area contributed by atoms with Gasteiger partial charge >= 0.3 is 0 Å². The van der Waals surface area contributed by atoms with E-state index in [1.54, 1.807) is 12.1 Å². The van der Waals surface area contributed by atoms with Crippen molar-refractivity contribution in [3.63, 3.8) is 0 Å². The van der Waals surface area contributed by atoms with Gasteiger partial charge in [-0.2, -0.15) is 0 Å². The Morgan fingerprint density at radius 3 is 2.58 bits per heavy atom. The number of aromatic hydroxyl groups is 1. The fourth-order valence-corrected chi connectivity index (χ4v) is 4.92. The zero-order valence-electron chi connectivity index (χ0n) is 19.0. The normalized spacial score (nSPS) is 18.2. The molecule has 0 spiro atoms. The molecule has 0 radical (unpaired) electrons. The molecule has 0 aromatic heterocycles. The van der Waals surface area contributed by atoms with E-state index < -0.39 is 0 Å². The zero-order chi connectivity index (χ0) is 22.6. The zero-order valence-corrected chi connectivity index (χ0v) is 19.0. The molecule has 3 N–H and O–H groups in total. The van der Waals surface area contributed by atoms with Crippen LogP contribution in [0.5, 0.6) is 11.5 Å². The van der Waals surface area contributed by atoms with Crippen molar-refractivity contribution in [2.45, 2.75) is 38.2 Å². The lowest BCUT2D eigenvalue weighted by atomic mass is 9.98. The van der Waals surface area contributed by atoms with Crippen LogP contribution in [0.2, 0.25) is 0 Å². The van der Waals surface area contributed by atoms with Crippen LogP contribution in [-0.2, 0) is 6.42 Å². The summed E-state index contributed by atoms with van der Waals surface area (Å²) in [6.07, 6.45) is 5.26. The first-order chi connectivity index (χ1) is 16.2. The molecule has 1 aliphatic carbocycles. The Morgan fingerprint density at radius 2 is 1.76 bits per heavy atom. The molecule has 1 aliphatic heterocycles. The SMILES string of the molecule is Oc1ccc(-c2ccc3c(c2)CCC3O)c(Nc2ccc(OCCN3CCCCC3)cc2)c1. The number of aliphatic hydroxyl groups excluding tert-OH is 1. The third-order valence-corrected chi connectivity index (χ3v) is 6.76. The van der Waals surface area contributed by atoms with Crippen LogP contribution in [0.15, 0.2) is 60.7 Å². The van der Waals surface area contributed by atoms with Crippen molar-refractivity contribution in [1.82, 2.24) is 4.90 Å². The monoisotopic (exact) mass is 444 g/mol. The molecule has 5 nitrogen and oxygen atoms in total. The number of likely N-dealkylation sites (tertiary alicyclic amines) is 1. The van der Waals surface area contributed by atoms with Crippen molar-refractivity contribution < 1.29 is 14.9 Å². The molecular formula is C28H32N2O3. The predicted octanol–water partition coefficient (Wildman–Crippen LogP) is 5.65. The summed E-state index contributed by atoms with van der Waals surface area (Å²) in [7, 11) is 0. The van der Waals surface area contributed by atoms with Crippen LogP contribution in [0, 0.1) is 0 Å². The molecule has 3 aromatic carbocycles. The molecular weight excluding hydrogens is 412 g/mol. The van der Waals surface area contributed by atoms with E-state index in [4.69, 9.17) is 4.74 Å². The van der Waals surface area contributed by atoms with E-state index in [2.05, 4.69) is 16.3 Å². The second kappa shape index (κ2) is 9.86. The number of benzene rings is 3. The lowest BCUT2D eigenvalue weighted by molar-refractivity contribution is 0.180. The minimum atomic E-state index is -0.355. The highest BCUT2D eigenvalue weighted by Crippen LogP contribution is 2.38. The van der Waals surface area contributed by atoms with Crippen molar-refractivity contribution in [1.29, 1.82) is 0 Å². The first-order valence-corrected chi connectivity index (χ1v) is 12.0. The largest absolute Gasteiger partial charge is 0.508 e. The van der Waals surface area contributed by atoms with Crippen molar-refractivity contribution in [2.24, 2.45) is 0 Å². The molecule has 1 saturated heterocycles. The van der Waals surface area contributed by atoms with Gasteiger partial charge in [0.1, 0.15) is 18.1 Å². The first-order valence-electron chi connectivity index (χ1n) is 12.0. The number of aliphatic hydroxyl groups is 1. The van der Waals surface area contributed by atoms with E-state index in [9.17, 15) is 10.2 Å². The quantitative estimate of drug-likeness (QED) is 0.440. The van der Waals surface area contributed by atoms with Gasteiger partial charge in [-0.05, 0) is 91.9 Å². The molecule has 1 unspecified atom stereocenters. The highest BCUT2D eigenvalue weighted by atomic mass is 16.5. The van der Waals surface area contributed by atoms with Gasteiger partial charge in [-0.15, -0.1) is 0 Å². The number of phenols is 1. The maximum absolute atomic E-state index is 10.1. The maximum atomic E-state index is 10.1. The van der Waals surface area contributed by atoms with Crippen LogP contribution in [-0.4, -0.2) is 41.4 Å². The minimum absolute atomic E-state index is 0.218. The Balaban J connectivity index is 1.27. The summed E-state index contributed by atoms with van der Waals surface area (Å²) >= 11 is 0. The van der Waals surface area contributed by atoms with Crippen molar-refractivity contribution >= 4 is 11.4 Å². The number of phenolic OH excluding ortho intramolecular Hbond substituents is 1. The molecule has 5 heteroatoms. The number of ether oxygens (including phenoxy) is 1. The number of hydrogen-bond donors (Lipinski definition) is 3. The van der Waals surface area contributed by atoms with Gasteiger partial charge in [0, 0.05) is 23.9 Å². The summed E-state index contributed by atoms with van der Waals surface area (Å²) in [5.74, 6) is 1.08. The number of aryl methyl sites for hydroxylation is 1. The second-order valence-electron chi connectivity index (χ2n) is 9.10. The highest BCUT2D eigenvalue weighted by molar-refractivity contribution is 5.82. The van der Waals surface area contributed by atoms with Gasteiger partial charge in [0.2, 0.25) is 0 Å². The van der Waals surface area contributed by atoms with Gasteiger partial charge in [0.05, 0.1) is 11.8 Å². The highest BCUT2D eigenvalue weighted by Gasteiger charge is 2.21. The van der Waals surface area contributed by atoms with Gasteiger partial charge in [-0.1, -0.05) is 24.6 Å². The van der Waals surface area contributed by atoms with Gasteiger partial charge < -0.3 is 20.3 Å². The van der Waals surface area contributed by atoms with Gasteiger partial charge in [-0.3, -0.25) is 4.90 Å². The number of hydrogen-bond acceptors (Lipinski definition) is 5. The Labute approximate surface area is 195 Å². The summed E-state index contributed by atoms with van der Waals surface area (Å²) < 4.78 is 5.95. The molecule has 2 aliphatic rings. The average molecular weight is 445 g/mol. The molecule has 0 amide bonds. The Hall–Kier alpha value is -3.02. The molecule has 0 saturated carbocycles. The van der Waals surface area contributed by atoms with Gasteiger partial charge in [-0.25, -0.2) is 0 Å². The van der Waals surface area contributed by atoms with Crippen LogP contribution >= 0.6 is 0 Å². The second-order valence-corrected chi connectivity index (χ2v) is 9.10. The first kappa shape index (κ1) is 21.8. The van der Waals surface area contributed by atoms with Crippen molar-refractivity contribution in [3.8, 4) is 22.6 Å². The van der Waals surface area contributed by atoms with E-state index >= 15 is 0 Å². The van der Waals surface area contributed by atoms with Crippen LogP contribution in [0.3, 0.4) is 0 Å². The summed E-state index contributed by atoms with van der Waals surface area (Å²) in [6.45, 7) is 4.05. The molecule has 5 rings (SSSR count). The lowest BCUT2D eigenvalue weighted by Crippen LogP contribution is -2.33. The third kappa shape index (κ3) is 5.15. The van der Waals surface area contributed by atoms with Gasteiger partial charge in [0.25, 0.3) is 0 Å². The van der Waals surface area contributed by atoms with Crippen LogP contribution < -0.4 is 10.1 Å². The molecule has 1 fully saturated rings. The summed E-state index contributed by atoms with van der Waals surface area (Å²) in [4.78, 5) is 2.47. The van der Waals surface area contributed by atoms with Crippen LogP contribution in [0.25, 0.3) is 11.1 Å². The fraction of sp³-hybridized carbons (Fsp3) is 0.357. The number of rotatable bonds is 7. The minimum Gasteiger partial charge on any atom is -0.508 e. The number of fused-ring (bicyclic) bond motifs is 1. The average Bonchev–Trinajstić information content (AvgIpc) is 3.21. The van der Waals surface area contributed by atoms with E-state index in [0.29, 0.717) is 6.61 Å². The smallest absolute Gasteiger partial charge is 0.119 e. The van der Waals surface area contributed by atoms with Crippen LogP contribution in [0.4, 0.5) is 11.4 Å². The molecule has 1 heterocycles. The molecule has 33 heavy (non-hydrogen) atoms. The summed E-state index contributed by atoms with van der Waals surface area (Å²) in [6, 6.07) is 19.6. The topological polar surface area (TPSA) is 65.0 Å². The molecule has 1 atom stereocenters. The van der Waals surface area contributed by atoms with E-state index in [0.717, 1.165) is 53.2 Å². The standard InChI is InChI=1S/C28H32N2O3/c31-23-8-12-25(20-4-11-26-21(18-20)5-13-28(26)32)27(19-23)29-22-6-9-24(10-7-22)33-17-16-30-14-2-1-3-15-30/h4,6-12,18-19,28-29,31-32H,1-3,5,13-17H2. The number of piperidine rings is 1. The lowest BCUT2D eigenvalue weighted by Gasteiger charge is -2.26. The molecule has 172 valence electrons. The molecule has 3 aromatic rings. The van der Waals surface area contributed by atoms with E-state index in [-0.39, 0.29) is 11.9 Å². The Morgan fingerprint density at radius 1 is 0.939 bits per heavy atom. The number of nitrogens with zero attached hydrogens (tertiary/aromatic N) is 1. The van der Waals surface area contributed by atoms with Gasteiger partial charge in [0.15, 0.2) is 0 Å². The fourth-order valence-electron chi connectivity index (χ4n) is 4.92. The van der Waals surface area contributed by atoms with Crippen molar-refractivity contribution in [3.05, 3.63) is 71.8 Å². The number of nitrogens with one attached hydrogen (secondary N) is 1. The predicted molar refractivity (Wildman–Crippen MR) is 132 cm³/mol. The maximum Gasteiger partial charge on any atom is 0.119 e. The summed E-state index contributed by atoms with van der Waals surface area (Å²) in [5, 5.41) is 23.7. The third-order valence-electron chi connectivity index (χ3n) is 6.76. The Bertz CT molecular complexity index is 1090. The van der Waals surface area contributed by atoms with Crippen LogP contribution in [0.1, 0.15) is 42.9 Å². The summed E-state index contributed by atoms with van der Waals surface area (Å²) in [5.41, 5.74) is 6.09. The van der Waals surface area contributed by atoms with E-state index in [1.165, 1.54) is 37.9 Å². The number of anilines is 2. The van der Waals surface area contributed by atoms with E-state index in [1.807, 2.05) is 42.5 Å². The molecule has 0 bridgehead atoms.